The second-order valence-electron chi connectivity index (χ2n) is 6.35. The molecule has 1 aliphatic heterocycles. The lowest BCUT2D eigenvalue weighted by Gasteiger charge is -2.28. The maximum atomic E-state index is 12.2. The Labute approximate surface area is 142 Å². The molecule has 0 aliphatic carbocycles. The molecule has 24 heavy (non-hydrogen) atoms. The molecule has 0 spiro atoms. The first-order valence-corrected chi connectivity index (χ1v) is 7.98. The number of fused-ring (bicyclic) bond motifs is 1. The van der Waals surface area contributed by atoms with Crippen LogP contribution >= 0.6 is 0 Å². The molecule has 0 saturated carbocycles. The number of ether oxygens (including phenoxy) is 2. The summed E-state index contributed by atoms with van der Waals surface area (Å²) < 4.78 is 11.7. The van der Waals surface area contributed by atoms with Crippen LogP contribution < -0.4 is 14.8 Å². The van der Waals surface area contributed by atoms with E-state index in [1.807, 2.05) is 74.5 Å². The maximum Gasteiger partial charge on any atom is 0.265 e. The third-order valence-corrected chi connectivity index (χ3v) is 3.75. The smallest absolute Gasteiger partial charge is 0.265 e. The first-order valence-electron chi connectivity index (χ1n) is 7.98. The summed E-state index contributed by atoms with van der Waals surface area (Å²) in [6, 6.07) is 14.9. The van der Waals surface area contributed by atoms with Crippen molar-refractivity contribution >= 4 is 17.7 Å². The second-order valence-corrected chi connectivity index (χ2v) is 6.35. The summed E-state index contributed by atoms with van der Waals surface area (Å²) in [4.78, 5) is 12.2. The summed E-state index contributed by atoms with van der Waals surface area (Å²) in [7, 11) is 0. The van der Waals surface area contributed by atoms with Gasteiger partial charge in [0.1, 0.15) is 17.1 Å². The molecular formula is C20H21NO3. The number of carbonyl (C=O) groups is 1. The second kappa shape index (κ2) is 6.40. The fourth-order valence-corrected chi connectivity index (χ4v) is 2.44. The van der Waals surface area contributed by atoms with E-state index in [9.17, 15) is 4.79 Å². The van der Waals surface area contributed by atoms with Crippen LogP contribution in [-0.2, 0) is 4.79 Å². The van der Waals surface area contributed by atoms with Crippen molar-refractivity contribution in [1.29, 1.82) is 0 Å². The molecule has 1 amide bonds. The van der Waals surface area contributed by atoms with Crippen LogP contribution in [0.15, 0.2) is 54.6 Å². The summed E-state index contributed by atoms with van der Waals surface area (Å²) >= 11 is 0. The summed E-state index contributed by atoms with van der Waals surface area (Å²) in [5, 5.41) is 2.83. The number of rotatable bonds is 4. The van der Waals surface area contributed by atoms with Crippen molar-refractivity contribution in [3.8, 4) is 11.5 Å². The number of hydrogen-bond acceptors (Lipinski definition) is 3. The Balaban J connectivity index is 1.68. The summed E-state index contributed by atoms with van der Waals surface area (Å²) in [5.41, 5.74) is 1.41. The lowest BCUT2D eigenvalue weighted by Crippen LogP contribution is -2.30. The van der Waals surface area contributed by atoms with Gasteiger partial charge in [-0.25, -0.2) is 0 Å². The van der Waals surface area contributed by atoms with Crippen LogP contribution in [0.25, 0.3) is 6.08 Å². The normalized spacial score (nSPS) is 15.8. The molecule has 0 unspecified atom stereocenters. The van der Waals surface area contributed by atoms with Crippen molar-refractivity contribution in [3.63, 3.8) is 0 Å². The molecule has 2 aromatic carbocycles. The van der Waals surface area contributed by atoms with Crippen LogP contribution in [0.4, 0.5) is 5.69 Å². The van der Waals surface area contributed by atoms with E-state index in [0.717, 1.165) is 17.0 Å². The number of carbonyl (C=O) groups excluding carboxylic acids is 1. The standard InChI is InChI=1S/C20H21NO3/c1-14(19(22)21-16-7-5-4-6-8-16)23-17-10-9-15-11-12-20(2,3)24-18(15)13-17/h4-14H,1-3H3,(H,21,22)/t14-/m0/s1. The SMILES string of the molecule is C[C@H](Oc1ccc2c(c1)OC(C)(C)C=C2)C(=O)Nc1ccccc1. The van der Waals surface area contributed by atoms with Crippen LogP contribution in [0.3, 0.4) is 0 Å². The summed E-state index contributed by atoms with van der Waals surface area (Å²) in [5.74, 6) is 1.17. The van der Waals surface area contributed by atoms with Gasteiger partial charge in [0.2, 0.25) is 0 Å². The summed E-state index contributed by atoms with van der Waals surface area (Å²) in [6.45, 7) is 5.72. The molecular weight excluding hydrogens is 302 g/mol. The molecule has 1 aliphatic rings. The van der Waals surface area contributed by atoms with Crippen molar-refractivity contribution in [1.82, 2.24) is 0 Å². The molecule has 2 aromatic rings. The molecule has 1 heterocycles. The average molecular weight is 323 g/mol. The predicted molar refractivity (Wildman–Crippen MR) is 95.3 cm³/mol. The zero-order valence-corrected chi connectivity index (χ0v) is 14.1. The van der Waals surface area contributed by atoms with E-state index >= 15 is 0 Å². The molecule has 0 aromatic heterocycles. The number of benzene rings is 2. The predicted octanol–water partition coefficient (Wildman–Crippen LogP) is 4.28. The minimum atomic E-state index is -0.615. The quantitative estimate of drug-likeness (QED) is 0.913. The number of anilines is 1. The Kier molecular flexibility index (Phi) is 4.30. The molecule has 0 radical (unpaired) electrons. The Bertz CT molecular complexity index is 766. The largest absolute Gasteiger partial charge is 0.483 e. The van der Waals surface area contributed by atoms with E-state index in [2.05, 4.69) is 5.32 Å². The topological polar surface area (TPSA) is 47.6 Å². The molecule has 0 fully saturated rings. The van der Waals surface area contributed by atoms with E-state index in [0.29, 0.717) is 5.75 Å². The highest BCUT2D eigenvalue weighted by molar-refractivity contribution is 5.94. The van der Waals surface area contributed by atoms with Crippen molar-refractivity contribution < 1.29 is 14.3 Å². The van der Waals surface area contributed by atoms with Crippen LogP contribution in [0.1, 0.15) is 26.3 Å². The van der Waals surface area contributed by atoms with E-state index in [1.54, 1.807) is 6.92 Å². The van der Waals surface area contributed by atoms with Gasteiger partial charge in [-0.1, -0.05) is 24.3 Å². The van der Waals surface area contributed by atoms with E-state index < -0.39 is 6.10 Å². The van der Waals surface area contributed by atoms with Gasteiger partial charge in [-0.3, -0.25) is 4.79 Å². The zero-order chi connectivity index (χ0) is 17.2. The maximum absolute atomic E-state index is 12.2. The highest BCUT2D eigenvalue weighted by Crippen LogP contribution is 2.34. The third kappa shape index (κ3) is 3.77. The third-order valence-electron chi connectivity index (χ3n) is 3.75. The molecule has 4 heteroatoms. The van der Waals surface area contributed by atoms with Gasteiger partial charge in [0.15, 0.2) is 6.10 Å². The molecule has 3 rings (SSSR count). The lowest BCUT2D eigenvalue weighted by atomic mass is 10.0. The Hall–Kier alpha value is -2.75. The van der Waals surface area contributed by atoms with Gasteiger partial charge in [-0.05, 0) is 51.1 Å². The number of nitrogens with one attached hydrogen (secondary N) is 1. The molecule has 4 nitrogen and oxygen atoms in total. The molecule has 124 valence electrons. The van der Waals surface area contributed by atoms with Crippen molar-refractivity contribution in [3.05, 3.63) is 60.2 Å². The molecule has 1 atom stereocenters. The van der Waals surface area contributed by atoms with Crippen molar-refractivity contribution in [2.24, 2.45) is 0 Å². The zero-order valence-electron chi connectivity index (χ0n) is 14.1. The van der Waals surface area contributed by atoms with Gasteiger partial charge in [-0.2, -0.15) is 0 Å². The number of amides is 1. The monoisotopic (exact) mass is 323 g/mol. The van der Waals surface area contributed by atoms with E-state index in [1.165, 1.54) is 0 Å². The van der Waals surface area contributed by atoms with Gasteiger partial charge in [0, 0.05) is 17.3 Å². The van der Waals surface area contributed by atoms with Crippen LogP contribution in [0.5, 0.6) is 11.5 Å². The van der Waals surface area contributed by atoms with Gasteiger partial charge in [-0.15, -0.1) is 0 Å². The first-order chi connectivity index (χ1) is 11.4. The minimum Gasteiger partial charge on any atom is -0.483 e. The molecule has 0 bridgehead atoms. The number of hydrogen-bond donors (Lipinski definition) is 1. The highest BCUT2D eigenvalue weighted by Gasteiger charge is 2.22. The van der Waals surface area contributed by atoms with E-state index in [-0.39, 0.29) is 11.5 Å². The van der Waals surface area contributed by atoms with Gasteiger partial charge in [0.25, 0.3) is 5.91 Å². The van der Waals surface area contributed by atoms with Gasteiger partial charge >= 0.3 is 0 Å². The van der Waals surface area contributed by atoms with Crippen LogP contribution in [0.2, 0.25) is 0 Å². The van der Waals surface area contributed by atoms with Crippen LogP contribution in [0, 0.1) is 0 Å². The van der Waals surface area contributed by atoms with Gasteiger partial charge < -0.3 is 14.8 Å². The fraction of sp³-hybridized carbons (Fsp3) is 0.250. The van der Waals surface area contributed by atoms with Crippen molar-refractivity contribution in [2.45, 2.75) is 32.5 Å². The van der Waals surface area contributed by atoms with Crippen LogP contribution in [-0.4, -0.2) is 17.6 Å². The number of para-hydroxylation sites is 1. The van der Waals surface area contributed by atoms with Gasteiger partial charge in [0.05, 0.1) is 0 Å². The minimum absolute atomic E-state index is 0.194. The highest BCUT2D eigenvalue weighted by atomic mass is 16.5. The molecule has 1 N–H and O–H groups in total. The lowest BCUT2D eigenvalue weighted by molar-refractivity contribution is -0.122. The fourth-order valence-electron chi connectivity index (χ4n) is 2.44. The Morgan fingerprint density at radius 3 is 2.67 bits per heavy atom. The first kappa shape index (κ1) is 16.1. The average Bonchev–Trinajstić information content (AvgIpc) is 2.54. The Morgan fingerprint density at radius 2 is 1.92 bits per heavy atom. The Morgan fingerprint density at radius 1 is 1.17 bits per heavy atom. The summed E-state index contributed by atoms with van der Waals surface area (Å²) in [6.07, 6.45) is 3.44. The van der Waals surface area contributed by atoms with Crippen molar-refractivity contribution in [2.75, 3.05) is 5.32 Å². The van der Waals surface area contributed by atoms with E-state index in [4.69, 9.17) is 9.47 Å². The molecule has 0 saturated heterocycles.